The molecule has 116 valence electrons. The van der Waals surface area contributed by atoms with E-state index in [0.717, 1.165) is 11.3 Å². The molecule has 3 nitrogen and oxygen atoms in total. The van der Waals surface area contributed by atoms with Gasteiger partial charge in [0.15, 0.2) is 0 Å². The molecule has 2 aromatic rings. The van der Waals surface area contributed by atoms with Crippen molar-refractivity contribution in [3.63, 3.8) is 0 Å². The molecule has 1 aliphatic heterocycles. The number of nitrogens with zero attached hydrogens (tertiary/aromatic N) is 1. The lowest BCUT2D eigenvalue weighted by molar-refractivity contribution is -0.121. The Bertz CT molecular complexity index is 754. The molecule has 23 heavy (non-hydrogen) atoms. The number of hydrogen-bond donors (Lipinski definition) is 1. The average molecular weight is 340 g/mol. The first-order chi connectivity index (χ1) is 11.1. The molecule has 0 aliphatic carbocycles. The third-order valence-electron chi connectivity index (χ3n) is 3.46. The molecule has 1 amide bonds. The van der Waals surface area contributed by atoms with Gasteiger partial charge >= 0.3 is 0 Å². The van der Waals surface area contributed by atoms with Gasteiger partial charge in [-0.2, -0.15) is 0 Å². The van der Waals surface area contributed by atoms with E-state index in [1.54, 1.807) is 4.90 Å². The average Bonchev–Trinajstić information content (AvgIpc) is 2.82. The summed E-state index contributed by atoms with van der Waals surface area (Å²) >= 11 is 6.68. The maximum Gasteiger partial charge on any atom is 0.267 e. The molecule has 0 aromatic heterocycles. The molecular formula is C18H16N2OS2. The van der Waals surface area contributed by atoms with Crippen LogP contribution in [0.3, 0.4) is 0 Å². The van der Waals surface area contributed by atoms with Crippen LogP contribution in [0.15, 0.2) is 59.5 Å². The first kappa shape index (κ1) is 15.8. The van der Waals surface area contributed by atoms with Crippen molar-refractivity contribution < 1.29 is 4.79 Å². The van der Waals surface area contributed by atoms with Gasteiger partial charge in [-0.25, -0.2) is 0 Å². The number of thioether (sulfide) groups is 1. The molecule has 3 rings (SSSR count). The molecule has 1 heterocycles. The van der Waals surface area contributed by atoms with Crippen LogP contribution in [0.1, 0.15) is 11.1 Å². The minimum atomic E-state index is -0.0523. The van der Waals surface area contributed by atoms with Crippen LogP contribution in [0.2, 0.25) is 0 Å². The van der Waals surface area contributed by atoms with E-state index >= 15 is 0 Å². The Morgan fingerprint density at radius 1 is 1.13 bits per heavy atom. The van der Waals surface area contributed by atoms with Gasteiger partial charge in [-0.15, -0.1) is 0 Å². The number of thiocarbonyl (C=S) groups is 1. The predicted molar refractivity (Wildman–Crippen MR) is 101 cm³/mol. The summed E-state index contributed by atoms with van der Waals surface area (Å²) in [4.78, 5) is 14.8. The first-order valence-electron chi connectivity index (χ1n) is 7.24. The van der Waals surface area contributed by atoms with E-state index in [1.807, 2.05) is 67.6 Å². The highest BCUT2D eigenvalue weighted by Gasteiger charge is 2.31. The molecule has 5 heteroatoms. The number of rotatable bonds is 4. The third kappa shape index (κ3) is 3.81. The second-order valence-electron chi connectivity index (χ2n) is 5.22. The largest absolute Gasteiger partial charge is 0.367 e. The van der Waals surface area contributed by atoms with Crippen LogP contribution in [-0.2, 0) is 4.79 Å². The molecular weight excluding hydrogens is 324 g/mol. The fourth-order valence-electron chi connectivity index (χ4n) is 2.18. The van der Waals surface area contributed by atoms with Gasteiger partial charge in [0.25, 0.3) is 5.91 Å². The fourth-order valence-corrected chi connectivity index (χ4v) is 3.43. The SMILES string of the molecule is Cc1ccc(NCN2C(=O)/C(=C/c3ccccc3)SC2=S)cc1. The van der Waals surface area contributed by atoms with E-state index in [0.29, 0.717) is 15.9 Å². The Kier molecular flexibility index (Phi) is 4.79. The molecule has 0 atom stereocenters. The normalized spacial score (nSPS) is 16.2. The molecule has 1 aliphatic rings. The number of carbonyl (C=O) groups is 1. The molecule has 0 unspecified atom stereocenters. The standard InChI is InChI=1S/C18H16N2OS2/c1-13-7-9-15(10-8-13)19-12-20-17(21)16(23-18(20)22)11-14-5-3-2-4-6-14/h2-11,19H,12H2,1H3/b16-11-. The highest BCUT2D eigenvalue weighted by Crippen LogP contribution is 2.32. The van der Waals surface area contributed by atoms with Crippen molar-refractivity contribution in [1.29, 1.82) is 0 Å². The van der Waals surface area contributed by atoms with Crippen LogP contribution in [0, 0.1) is 6.92 Å². The van der Waals surface area contributed by atoms with Crippen molar-refractivity contribution in [2.45, 2.75) is 6.92 Å². The van der Waals surface area contributed by atoms with Crippen molar-refractivity contribution in [3.05, 3.63) is 70.6 Å². The summed E-state index contributed by atoms with van der Waals surface area (Å²) in [6, 6.07) is 17.8. The number of nitrogens with one attached hydrogen (secondary N) is 1. The summed E-state index contributed by atoms with van der Waals surface area (Å²) in [6.45, 7) is 2.42. The zero-order chi connectivity index (χ0) is 16.2. The van der Waals surface area contributed by atoms with Crippen molar-refractivity contribution >= 4 is 46.0 Å². The van der Waals surface area contributed by atoms with Crippen LogP contribution in [-0.4, -0.2) is 21.8 Å². The predicted octanol–water partition coefficient (Wildman–Crippen LogP) is 4.27. The van der Waals surface area contributed by atoms with Gasteiger partial charge in [0.2, 0.25) is 0 Å². The van der Waals surface area contributed by atoms with Crippen LogP contribution in [0.5, 0.6) is 0 Å². The summed E-state index contributed by atoms with van der Waals surface area (Å²) in [5.74, 6) is -0.0523. The highest BCUT2D eigenvalue weighted by molar-refractivity contribution is 8.26. The van der Waals surface area contributed by atoms with E-state index in [4.69, 9.17) is 12.2 Å². The summed E-state index contributed by atoms with van der Waals surface area (Å²) < 4.78 is 0.580. The van der Waals surface area contributed by atoms with Crippen LogP contribution >= 0.6 is 24.0 Å². The van der Waals surface area contributed by atoms with Crippen molar-refractivity contribution in [1.82, 2.24) is 4.90 Å². The van der Waals surface area contributed by atoms with Gasteiger partial charge in [0.05, 0.1) is 11.6 Å². The second kappa shape index (κ2) is 6.98. The van der Waals surface area contributed by atoms with Crippen molar-refractivity contribution in [3.8, 4) is 0 Å². The molecule has 1 N–H and O–H groups in total. The molecule has 0 bridgehead atoms. The van der Waals surface area contributed by atoms with E-state index in [9.17, 15) is 4.79 Å². The molecule has 1 fully saturated rings. The molecule has 0 saturated carbocycles. The van der Waals surface area contributed by atoms with Gasteiger partial charge in [-0.3, -0.25) is 9.69 Å². The Hall–Kier alpha value is -2.11. The van der Waals surface area contributed by atoms with E-state index in [-0.39, 0.29) is 5.91 Å². The number of hydrogen-bond acceptors (Lipinski definition) is 4. The highest BCUT2D eigenvalue weighted by atomic mass is 32.2. The Balaban J connectivity index is 1.69. The molecule has 1 saturated heterocycles. The van der Waals surface area contributed by atoms with Gasteiger partial charge in [-0.1, -0.05) is 72.0 Å². The molecule has 2 aromatic carbocycles. The quantitative estimate of drug-likeness (QED) is 0.666. The van der Waals surface area contributed by atoms with Gasteiger partial charge in [-0.05, 0) is 30.7 Å². The number of amides is 1. The second-order valence-corrected chi connectivity index (χ2v) is 6.90. The summed E-state index contributed by atoms with van der Waals surface area (Å²) in [6.07, 6.45) is 1.88. The van der Waals surface area contributed by atoms with Crippen LogP contribution in [0.4, 0.5) is 5.69 Å². The maximum absolute atomic E-state index is 12.5. The number of anilines is 1. The van der Waals surface area contributed by atoms with Crippen LogP contribution < -0.4 is 5.32 Å². The topological polar surface area (TPSA) is 32.3 Å². The van der Waals surface area contributed by atoms with E-state index in [1.165, 1.54) is 17.3 Å². The fraction of sp³-hybridized carbons (Fsp3) is 0.111. The van der Waals surface area contributed by atoms with Crippen molar-refractivity contribution in [2.75, 3.05) is 12.0 Å². The minimum absolute atomic E-state index is 0.0523. The molecule has 0 spiro atoms. The van der Waals surface area contributed by atoms with E-state index in [2.05, 4.69) is 5.32 Å². The smallest absolute Gasteiger partial charge is 0.267 e. The number of carbonyl (C=O) groups excluding carboxylic acids is 1. The third-order valence-corrected chi connectivity index (χ3v) is 4.84. The zero-order valence-electron chi connectivity index (χ0n) is 12.7. The van der Waals surface area contributed by atoms with Gasteiger partial charge < -0.3 is 5.32 Å². The summed E-state index contributed by atoms with van der Waals surface area (Å²) in [5, 5.41) is 3.24. The first-order valence-corrected chi connectivity index (χ1v) is 8.47. The van der Waals surface area contributed by atoms with Gasteiger partial charge in [0.1, 0.15) is 4.32 Å². The minimum Gasteiger partial charge on any atom is -0.367 e. The van der Waals surface area contributed by atoms with Crippen molar-refractivity contribution in [2.24, 2.45) is 0 Å². The number of aryl methyl sites for hydroxylation is 1. The summed E-state index contributed by atoms with van der Waals surface area (Å²) in [5.41, 5.74) is 3.17. The Morgan fingerprint density at radius 2 is 1.83 bits per heavy atom. The number of benzene rings is 2. The monoisotopic (exact) mass is 340 g/mol. The Labute approximate surface area is 145 Å². The van der Waals surface area contributed by atoms with Gasteiger partial charge in [0, 0.05) is 5.69 Å². The lowest BCUT2D eigenvalue weighted by Crippen LogP contribution is -2.33. The van der Waals surface area contributed by atoms with E-state index < -0.39 is 0 Å². The maximum atomic E-state index is 12.5. The summed E-state index contributed by atoms with van der Waals surface area (Å²) in [7, 11) is 0. The van der Waals surface area contributed by atoms with Crippen LogP contribution in [0.25, 0.3) is 6.08 Å². The Morgan fingerprint density at radius 3 is 2.52 bits per heavy atom. The lowest BCUT2D eigenvalue weighted by Gasteiger charge is -2.16. The molecule has 0 radical (unpaired) electrons. The zero-order valence-corrected chi connectivity index (χ0v) is 14.3. The lowest BCUT2D eigenvalue weighted by atomic mass is 10.2.